The number of pyridine rings is 2. The van der Waals surface area contributed by atoms with Crippen molar-refractivity contribution < 1.29 is 4.42 Å². The zero-order chi connectivity index (χ0) is 33.5. The van der Waals surface area contributed by atoms with Crippen molar-refractivity contribution in [3.05, 3.63) is 170 Å². The van der Waals surface area contributed by atoms with Gasteiger partial charge in [0.2, 0.25) is 0 Å². The molecule has 5 heterocycles. The maximum Gasteiger partial charge on any atom is 0.155 e. The average molecular weight is 653 g/mol. The number of nitrogens with zero attached hydrogens (tertiary/aromatic N) is 4. The van der Waals surface area contributed by atoms with E-state index in [0.29, 0.717) is 0 Å². The van der Waals surface area contributed by atoms with Crippen LogP contribution in [0.15, 0.2) is 174 Å². The Bertz CT molecular complexity index is 2920. The van der Waals surface area contributed by atoms with Gasteiger partial charge in [0.05, 0.1) is 33.5 Å². The maximum absolute atomic E-state index is 6.34. The zero-order valence-electron chi connectivity index (χ0n) is 27.4. The van der Waals surface area contributed by atoms with Gasteiger partial charge in [0, 0.05) is 44.0 Å². The summed E-state index contributed by atoms with van der Waals surface area (Å²) in [6, 6.07) is 59.5. The maximum atomic E-state index is 6.34. The predicted molar refractivity (Wildman–Crippen MR) is 209 cm³/mol. The van der Waals surface area contributed by atoms with Gasteiger partial charge in [0.1, 0.15) is 11.0 Å². The summed E-state index contributed by atoms with van der Waals surface area (Å²) in [6.07, 6.45) is 0. The molecule has 0 spiro atoms. The molecule has 0 unspecified atom stereocenters. The van der Waals surface area contributed by atoms with Crippen molar-refractivity contribution in [1.82, 2.24) is 19.1 Å². The van der Waals surface area contributed by atoms with E-state index in [0.717, 1.165) is 78.2 Å². The molecule has 51 heavy (non-hydrogen) atoms. The van der Waals surface area contributed by atoms with E-state index in [4.69, 9.17) is 14.4 Å². The summed E-state index contributed by atoms with van der Waals surface area (Å²) in [5.74, 6) is 0. The molecule has 5 nitrogen and oxygen atoms in total. The van der Waals surface area contributed by atoms with Gasteiger partial charge in [-0.05, 0) is 72.8 Å². The van der Waals surface area contributed by atoms with Gasteiger partial charge in [-0.25, -0.2) is 9.97 Å². The minimum Gasteiger partial charge on any atom is -0.453 e. The number of fused-ring (bicyclic) bond motifs is 9. The predicted octanol–water partition coefficient (Wildman–Crippen LogP) is 11.9. The van der Waals surface area contributed by atoms with Crippen LogP contribution in [0.1, 0.15) is 0 Å². The number of hydrogen-bond acceptors (Lipinski definition) is 3. The topological polar surface area (TPSA) is 48.8 Å². The molecule has 0 N–H and O–H groups in total. The summed E-state index contributed by atoms with van der Waals surface area (Å²) in [4.78, 5) is 10.6. The van der Waals surface area contributed by atoms with Crippen molar-refractivity contribution in [3.63, 3.8) is 0 Å². The Morgan fingerprint density at radius 3 is 1.24 bits per heavy atom. The van der Waals surface area contributed by atoms with Gasteiger partial charge in [-0.3, -0.25) is 0 Å². The highest BCUT2D eigenvalue weighted by atomic mass is 16.3. The van der Waals surface area contributed by atoms with Crippen molar-refractivity contribution >= 4 is 65.8 Å². The minimum absolute atomic E-state index is 0.719. The number of rotatable bonds is 4. The van der Waals surface area contributed by atoms with Gasteiger partial charge in [-0.15, -0.1) is 0 Å². The molecule has 11 rings (SSSR count). The van der Waals surface area contributed by atoms with Crippen molar-refractivity contribution in [2.24, 2.45) is 0 Å². The lowest BCUT2D eigenvalue weighted by molar-refractivity contribution is 0.667. The molecule has 0 saturated heterocycles. The quantitative estimate of drug-likeness (QED) is 0.190. The summed E-state index contributed by atoms with van der Waals surface area (Å²) in [5, 5.41) is 4.72. The molecule has 0 atom stereocenters. The summed E-state index contributed by atoms with van der Waals surface area (Å²) >= 11 is 0. The van der Waals surface area contributed by atoms with Crippen LogP contribution in [0.25, 0.3) is 99.7 Å². The highest BCUT2D eigenvalue weighted by molar-refractivity contribution is 6.17. The van der Waals surface area contributed by atoms with E-state index in [9.17, 15) is 0 Å². The van der Waals surface area contributed by atoms with Crippen molar-refractivity contribution in [2.45, 2.75) is 0 Å². The molecule has 5 heteroatoms. The lowest BCUT2D eigenvalue weighted by Crippen LogP contribution is -1.93. The second-order valence-corrected chi connectivity index (χ2v) is 13.0. The van der Waals surface area contributed by atoms with E-state index in [1.807, 2.05) is 12.1 Å². The third-order valence-corrected chi connectivity index (χ3v) is 10.1. The van der Waals surface area contributed by atoms with Crippen molar-refractivity contribution in [3.8, 4) is 33.9 Å². The Balaban J connectivity index is 1.12. The van der Waals surface area contributed by atoms with E-state index >= 15 is 0 Å². The molecule has 0 fully saturated rings. The van der Waals surface area contributed by atoms with Crippen LogP contribution in [-0.4, -0.2) is 19.1 Å². The largest absolute Gasteiger partial charge is 0.453 e. The Kier molecular flexibility index (Phi) is 5.89. The van der Waals surface area contributed by atoms with E-state index < -0.39 is 0 Å². The number of hydrogen-bond donors (Lipinski definition) is 0. The number of aromatic nitrogens is 4. The molecule has 238 valence electrons. The van der Waals surface area contributed by atoms with Crippen molar-refractivity contribution in [1.29, 1.82) is 0 Å². The first-order valence-electron chi connectivity index (χ1n) is 17.2. The normalized spacial score (nSPS) is 11.9. The van der Waals surface area contributed by atoms with Crippen LogP contribution in [0, 0.1) is 0 Å². The first-order valence-corrected chi connectivity index (χ1v) is 17.2. The van der Waals surface area contributed by atoms with E-state index in [-0.39, 0.29) is 0 Å². The first kappa shape index (κ1) is 27.9. The molecular formula is C46H28N4O. The van der Waals surface area contributed by atoms with Gasteiger partial charge >= 0.3 is 0 Å². The fourth-order valence-corrected chi connectivity index (χ4v) is 7.99. The van der Waals surface area contributed by atoms with Crippen LogP contribution in [0.5, 0.6) is 0 Å². The lowest BCUT2D eigenvalue weighted by atomic mass is 10.0. The molecule has 0 aliphatic carbocycles. The van der Waals surface area contributed by atoms with Crippen LogP contribution >= 0.6 is 0 Å². The molecule has 0 saturated carbocycles. The van der Waals surface area contributed by atoms with Gasteiger partial charge in [-0.2, -0.15) is 0 Å². The fourth-order valence-electron chi connectivity index (χ4n) is 7.99. The number of para-hydroxylation sites is 4. The molecule has 0 aliphatic heterocycles. The minimum atomic E-state index is 0.719. The van der Waals surface area contributed by atoms with Gasteiger partial charge in [-0.1, -0.05) is 97.1 Å². The number of furan rings is 1. The third-order valence-electron chi connectivity index (χ3n) is 10.1. The fraction of sp³-hybridized carbons (Fsp3) is 0. The monoisotopic (exact) mass is 652 g/mol. The highest BCUT2D eigenvalue weighted by Gasteiger charge is 2.20. The van der Waals surface area contributed by atoms with Crippen LogP contribution in [-0.2, 0) is 0 Å². The second-order valence-electron chi connectivity index (χ2n) is 13.0. The van der Waals surface area contributed by atoms with E-state index in [2.05, 4.69) is 167 Å². The Hall–Kier alpha value is -6.98. The Labute approximate surface area is 292 Å². The average Bonchev–Trinajstić information content (AvgIpc) is 3.86. The van der Waals surface area contributed by atoms with Gasteiger partial charge in [0.15, 0.2) is 11.2 Å². The standard InChI is InChI=1S/C46H28N4O/c1-3-13-29(14-4-1)49-37-21-9-7-17-33(37)43-31(19-11-23-39(43)49)35-25-27-41-45(47-35)46-42(51-41)28-26-36(48-46)32-20-12-24-40-44(32)34-18-8-10-22-38(34)50(40)30-15-5-2-6-16-30/h1-28H. The van der Waals surface area contributed by atoms with Crippen LogP contribution < -0.4 is 0 Å². The van der Waals surface area contributed by atoms with E-state index in [1.165, 1.54) is 21.5 Å². The second kappa shape index (κ2) is 10.8. The molecule has 0 amide bonds. The molecule has 0 bridgehead atoms. The van der Waals surface area contributed by atoms with Crippen LogP contribution in [0.3, 0.4) is 0 Å². The lowest BCUT2D eigenvalue weighted by Gasteiger charge is -2.08. The molecule has 6 aromatic carbocycles. The first-order chi connectivity index (χ1) is 25.3. The summed E-state index contributed by atoms with van der Waals surface area (Å²) in [5.41, 5.74) is 13.7. The molecule has 0 radical (unpaired) electrons. The molecular weight excluding hydrogens is 625 g/mol. The Morgan fingerprint density at radius 2 is 0.765 bits per heavy atom. The SMILES string of the molecule is c1ccc(-n2c3ccccc3c3c(-c4ccc5oc6ccc(-c7cccc8c7c7ccccc7n8-c7ccccc7)nc6c5n4)cccc32)cc1. The van der Waals surface area contributed by atoms with Crippen molar-refractivity contribution in [2.75, 3.05) is 0 Å². The Morgan fingerprint density at radius 1 is 0.353 bits per heavy atom. The zero-order valence-corrected chi connectivity index (χ0v) is 27.4. The number of benzene rings is 6. The summed E-state index contributed by atoms with van der Waals surface area (Å²) in [6.45, 7) is 0. The van der Waals surface area contributed by atoms with Gasteiger partial charge in [0.25, 0.3) is 0 Å². The van der Waals surface area contributed by atoms with Crippen LogP contribution in [0.2, 0.25) is 0 Å². The summed E-state index contributed by atoms with van der Waals surface area (Å²) < 4.78 is 11.0. The van der Waals surface area contributed by atoms with Crippen LogP contribution in [0.4, 0.5) is 0 Å². The molecule has 5 aromatic heterocycles. The highest BCUT2D eigenvalue weighted by Crippen LogP contribution is 2.41. The van der Waals surface area contributed by atoms with E-state index in [1.54, 1.807) is 0 Å². The van der Waals surface area contributed by atoms with Gasteiger partial charge < -0.3 is 13.6 Å². The molecule has 11 aromatic rings. The third kappa shape index (κ3) is 4.09. The molecule has 0 aliphatic rings. The smallest absolute Gasteiger partial charge is 0.155 e. The summed E-state index contributed by atoms with van der Waals surface area (Å²) in [7, 11) is 0.